The van der Waals surface area contributed by atoms with Crippen molar-refractivity contribution >= 4 is 31.8 Å². The van der Waals surface area contributed by atoms with Crippen LogP contribution in [0.2, 0.25) is 0 Å². The van der Waals surface area contributed by atoms with Crippen molar-refractivity contribution in [2.45, 2.75) is 12.8 Å². The summed E-state index contributed by atoms with van der Waals surface area (Å²) in [6.07, 6.45) is 1.32. The van der Waals surface area contributed by atoms with Gasteiger partial charge >= 0.3 is 10.2 Å². The Hall–Kier alpha value is -0.770. The molecule has 1 unspecified atom stereocenters. The van der Waals surface area contributed by atoms with Crippen molar-refractivity contribution in [2.75, 3.05) is 24.4 Å². The maximum Gasteiger partial charge on any atom is 0.301 e. The van der Waals surface area contributed by atoms with Gasteiger partial charge in [0.25, 0.3) is 0 Å². The van der Waals surface area contributed by atoms with Crippen molar-refractivity contribution in [1.29, 1.82) is 0 Å². The van der Waals surface area contributed by atoms with E-state index >= 15 is 0 Å². The lowest BCUT2D eigenvalue weighted by Crippen LogP contribution is -2.43. The summed E-state index contributed by atoms with van der Waals surface area (Å²) in [4.78, 5) is 0. The number of hydrogen-bond donors (Lipinski definition) is 2. The molecule has 1 aromatic carbocycles. The van der Waals surface area contributed by atoms with Crippen molar-refractivity contribution in [3.8, 4) is 0 Å². The van der Waals surface area contributed by atoms with Crippen LogP contribution in [0.1, 0.15) is 12.8 Å². The van der Waals surface area contributed by atoms with Crippen LogP contribution in [0.25, 0.3) is 0 Å². The van der Waals surface area contributed by atoms with Crippen LogP contribution in [0.3, 0.4) is 0 Å². The number of nitrogens with one attached hydrogen (secondary N) is 1. The fourth-order valence-corrected chi connectivity index (χ4v) is 3.99. The van der Waals surface area contributed by atoms with Crippen molar-refractivity contribution in [3.05, 3.63) is 28.2 Å². The topological polar surface area (TPSA) is 69.6 Å². The maximum atomic E-state index is 13.7. The van der Waals surface area contributed by atoms with Gasteiger partial charge in [-0.15, -0.1) is 0 Å². The van der Waals surface area contributed by atoms with E-state index in [1.807, 2.05) is 4.72 Å². The van der Waals surface area contributed by atoms with Gasteiger partial charge in [-0.25, -0.2) is 8.78 Å². The Morgan fingerprint density at radius 3 is 2.57 bits per heavy atom. The number of aliphatic hydroxyl groups excluding tert-OH is 1. The number of hydrogen-bond acceptors (Lipinski definition) is 3. The second-order valence-electron chi connectivity index (χ2n) is 4.90. The fraction of sp³-hybridized carbons (Fsp3) is 0.500. The van der Waals surface area contributed by atoms with E-state index in [4.69, 9.17) is 5.11 Å². The van der Waals surface area contributed by atoms with Crippen LogP contribution in [-0.4, -0.2) is 37.5 Å². The van der Waals surface area contributed by atoms with Crippen LogP contribution in [0.5, 0.6) is 0 Å². The minimum Gasteiger partial charge on any atom is -0.396 e. The highest BCUT2D eigenvalue weighted by molar-refractivity contribution is 9.10. The van der Waals surface area contributed by atoms with E-state index in [2.05, 4.69) is 15.9 Å². The number of rotatable bonds is 4. The third-order valence-corrected chi connectivity index (χ3v) is 5.25. The van der Waals surface area contributed by atoms with Crippen LogP contribution in [0, 0.1) is 17.6 Å². The van der Waals surface area contributed by atoms with Crippen LogP contribution < -0.4 is 4.72 Å². The average Bonchev–Trinajstić information content (AvgIpc) is 2.43. The molecule has 0 amide bonds. The highest BCUT2D eigenvalue weighted by Crippen LogP contribution is 2.26. The molecule has 0 aliphatic carbocycles. The molecule has 0 saturated carbocycles. The molecule has 1 heterocycles. The Morgan fingerprint density at radius 2 is 2.00 bits per heavy atom. The molecule has 21 heavy (non-hydrogen) atoms. The van der Waals surface area contributed by atoms with Gasteiger partial charge in [-0.3, -0.25) is 4.72 Å². The Bertz CT molecular complexity index is 604. The number of piperidine rings is 1. The molecule has 1 fully saturated rings. The molecule has 0 aromatic heterocycles. The largest absolute Gasteiger partial charge is 0.396 e. The fourth-order valence-electron chi connectivity index (χ4n) is 2.23. The zero-order valence-corrected chi connectivity index (χ0v) is 13.4. The first-order chi connectivity index (χ1) is 9.83. The maximum absolute atomic E-state index is 13.7. The van der Waals surface area contributed by atoms with E-state index in [0.717, 1.165) is 22.9 Å². The summed E-state index contributed by atoms with van der Waals surface area (Å²) in [7, 11) is -4.06. The molecule has 1 aliphatic rings. The summed E-state index contributed by atoms with van der Waals surface area (Å²) < 4.78 is 55.0. The van der Waals surface area contributed by atoms with Crippen LogP contribution in [0.15, 0.2) is 16.6 Å². The van der Waals surface area contributed by atoms with E-state index in [1.165, 1.54) is 0 Å². The third-order valence-electron chi connectivity index (χ3n) is 3.32. The van der Waals surface area contributed by atoms with E-state index in [9.17, 15) is 17.2 Å². The quantitative estimate of drug-likeness (QED) is 0.834. The number of nitrogens with zero attached hydrogens (tertiary/aromatic N) is 1. The lowest BCUT2D eigenvalue weighted by molar-refractivity contribution is 0.166. The summed E-state index contributed by atoms with van der Waals surface area (Å²) in [6, 6.07) is 1.96. The molecule has 1 aromatic rings. The molecule has 0 bridgehead atoms. The standard InChI is InChI=1S/C12H15BrF2N2O3S/c13-9-4-10(14)12(11(15)5-9)16-21(19,20)17-3-1-2-8(6-17)7-18/h4-5,8,16,18H,1-3,6-7H2. The average molecular weight is 385 g/mol. The Balaban J connectivity index is 2.22. The predicted octanol–water partition coefficient (Wildman–Crippen LogP) is 2.09. The van der Waals surface area contributed by atoms with Gasteiger partial charge in [0.2, 0.25) is 0 Å². The van der Waals surface area contributed by atoms with Gasteiger partial charge in [-0.2, -0.15) is 12.7 Å². The molecular weight excluding hydrogens is 370 g/mol. The van der Waals surface area contributed by atoms with E-state index < -0.39 is 27.5 Å². The molecular formula is C12H15BrF2N2O3S. The second-order valence-corrected chi connectivity index (χ2v) is 7.49. The van der Waals surface area contributed by atoms with Gasteiger partial charge in [-0.1, -0.05) is 15.9 Å². The first-order valence-corrected chi connectivity index (χ1v) is 8.60. The third kappa shape index (κ3) is 3.91. The molecule has 2 rings (SSSR count). The molecule has 0 spiro atoms. The highest BCUT2D eigenvalue weighted by Gasteiger charge is 2.30. The van der Waals surface area contributed by atoms with Gasteiger partial charge in [0.15, 0.2) is 11.6 Å². The molecule has 0 radical (unpaired) electrons. The minimum atomic E-state index is -4.06. The Labute approximate surface area is 130 Å². The van der Waals surface area contributed by atoms with Crippen molar-refractivity contribution in [3.63, 3.8) is 0 Å². The summed E-state index contributed by atoms with van der Waals surface area (Å²) >= 11 is 2.93. The van der Waals surface area contributed by atoms with E-state index in [1.54, 1.807) is 0 Å². The second kappa shape index (κ2) is 6.55. The molecule has 5 nitrogen and oxygen atoms in total. The first-order valence-electron chi connectivity index (χ1n) is 6.37. The summed E-state index contributed by atoms with van der Waals surface area (Å²) in [5, 5.41) is 9.12. The van der Waals surface area contributed by atoms with E-state index in [0.29, 0.717) is 6.42 Å². The highest BCUT2D eigenvalue weighted by atomic mass is 79.9. The van der Waals surface area contributed by atoms with Crippen molar-refractivity contribution in [2.24, 2.45) is 5.92 Å². The smallest absolute Gasteiger partial charge is 0.301 e. The SMILES string of the molecule is O=S(=O)(Nc1c(F)cc(Br)cc1F)N1CCCC(CO)C1. The summed E-state index contributed by atoms with van der Waals surface area (Å²) in [5.41, 5.74) is -0.704. The number of aliphatic hydroxyl groups is 1. The lowest BCUT2D eigenvalue weighted by atomic mass is 10.0. The summed E-state index contributed by atoms with van der Waals surface area (Å²) in [5.74, 6) is -2.16. The lowest BCUT2D eigenvalue weighted by Gasteiger charge is -2.31. The van der Waals surface area contributed by atoms with Crippen LogP contribution in [-0.2, 0) is 10.2 Å². The zero-order chi connectivity index (χ0) is 15.6. The number of halogens is 3. The van der Waals surface area contributed by atoms with Gasteiger partial charge in [0, 0.05) is 24.2 Å². The Kier molecular flexibility index (Phi) is 5.18. The van der Waals surface area contributed by atoms with Gasteiger partial charge < -0.3 is 5.11 Å². The van der Waals surface area contributed by atoms with E-state index in [-0.39, 0.29) is 30.1 Å². The molecule has 1 aliphatic heterocycles. The predicted molar refractivity (Wildman–Crippen MR) is 78.0 cm³/mol. The first kappa shape index (κ1) is 16.6. The van der Waals surface area contributed by atoms with Crippen molar-refractivity contribution < 1.29 is 22.3 Å². The van der Waals surface area contributed by atoms with Gasteiger partial charge in [0.1, 0.15) is 5.69 Å². The summed E-state index contributed by atoms with van der Waals surface area (Å²) in [6.45, 7) is 0.268. The van der Waals surface area contributed by atoms with Crippen LogP contribution >= 0.6 is 15.9 Å². The van der Waals surface area contributed by atoms with Gasteiger partial charge in [0.05, 0.1) is 0 Å². The number of anilines is 1. The zero-order valence-electron chi connectivity index (χ0n) is 11.0. The molecule has 1 saturated heterocycles. The van der Waals surface area contributed by atoms with Crippen molar-refractivity contribution in [1.82, 2.24) is 4.31 Å². The minimum absolute atomic E-state index is 0.118. The molecule has 9 heteroatoms. The monoisotopic (exact) mass is 384 g/mol. The van der Waals surface area contributed by atoms with Crippen LogP contribution in [0.4, 0.5) is 14.5 Å². The number of benzene rings is 1. The molecule has 1 atom stereocenters. The molecule has 118 valence electrons. The Morgan fingerprint density at radius 1 is 1.38 bits per heavy atom. The normalized spacial score (nSPS) is 20.5. The van der Waals surface area contributed by atoms with Gasteiger partial charge in [-0.05, 0) is 30.9 Å². The molecule has 2 N–H and O–H groups in total.